The van der Waals surface area contributed by atoms with Crippen LogP contribution in [0.15, 0.2) is 23.3 Å². The van der Waals surface area contributed by atoms with Crippen molar-refractivity contribution >= 4 is 17.4 Å². The fourth-order valence-electron chi connectivity index (χ4n) is 2.69. The van der Waals surface area contributed by atoms with Gasteiger partial charge < -0.3 is 15.3 Å². The number of carbonyl (C=O) groups excluding carboxylic acids is 1. The molecule has 3 rings (SSSR count). The van der Waals surface area contributed by atoms with E-state index in [0.717, 1.165) is 6.07 Å². The number of nitrogens with zero attached hydrogens (tertiary/aromatic N) is 2. The molecule has 23 heavy (non-hydrogen) atoms. The summed E-state index contributed by atoms with van der Waals surface area (Å²) in [4.78, 5) is 12.5. The Labute approximate surface area is 130 Å². The van der Waals surface area contributed by atoms with Crippen molar-refractivity contribution in [2.24, 2.45) is 5.10 Å². The van der Waals surface area contributed by atoms with E-state index in [9.17, 15) is 23.1 Å². The van der Waals surface area contributed by atoms with Gasteiger partial charge in [0.1, 0.15) is 0 Å². The maximum absolute atomic E-state index is 13.4. The van der Waals surface area contributed by atoms with Crippen LogP contribution < -0.4 is 15.6 Å². The normalized spacial score (nSPS) is 20.3. The van der Waals surface area contributed by atoms with E-state index >= 15 is 0 Å². The van der Waals surface area contributed by atoms with E-state index in [1.807, 2.05) is 0 Å². The summed E-state index contributed by atoms with van der Waals surface area (Å²) in [5.74, 6) is 0. The quantitative estimate of drug-likeness (QED) is 0.766. The van der Waals surface area contributed by atoms with Gasteiger partial charge in [0.25, 0.3) is 0 Å². The highest BCUT2D eigenvalue weighted by atomic mass is 19.4. The molecule has 1 aromatic rings. The molecule has 0 atom stereocenters. The number of amides is 2. The lowest BCUT2D eigenvalue weighted by atomic mass is 9.94. The van der Waals surface area contributed by atoms with Gasteiger partial charge >= 0.3 is 12.2 Å². The molecular weight excluding hydrogens is 313 g/mol. The summed E-state index contributed by atoms with van der Waals surface area (Å²) >= 11 is 0. The topological polar surface area (TPSA) is 77.0 Å². The monoisotopic (exact) mass is 328 g/mol. The van der Waals surface area contributed by atoms with Gasteiger partial charge in [0.15, 0.2) is 0 Å². The van der Waals surface area contributed by atoms with Crippen LogP contribution in [0.25, 0.3) is 0 Å². The van der Waals surface area contributed by atoms with Crippen molar-refractivity contribution in [1.82, 2.24) is 10.7 Å². The number of alkyl halides is 3. The first kappa shape index (κ1) is 15.6. The van der Waals surface area contributed by atoms with Gasteiger partial charge in [0.2, 0.25) is 0 Å². The van der Waals surface area contributed by atoms with Gasteiger partial charge in [-0.15, -0.1) is 0 Å². The van der Waals surface area contributed by atoms with Gasteiger partial charge in [-0.1, -0.05) is 6.07 Å². The minimum atomic E-state index is -4.53. The van der Waals surface area contributed by atoms with E-state index in [1.165, 1.54) is 17.0 Å². The molecule has 0 saturated carbocycles. The van der Waals surface area contributed by atoms with E-state index in [2.05, 4.69) is 15.8 Å². The van der Waals surface area contributed by atoms with Gasteiger partial charge in [-0.2, -0.15) is 18.3 Å². The van der Waals surface area contributed by atoms with Crippen molar-refractivity contribution in [1.29, 1.82) is 0 Å². The Morgan fingerprint density at radius 2 is 2.04 bits per heavy atom. The van der Waals surface area contributed by atoms with Crippen LogP contribution in [0.3, 0.4) is 0 Å². The summed E-state index contributed by atoms with van der Waals surface area (Å²) in [7, 11) is 0. The predicted molar refractivity (Wildman–Crippen MR) is 77.4 cm³/mol. The van der Waals surface area contributed by atoms with E-state index in [0.29, 0.717) is 5.71 Å². The fourth-order valence-corrected chi connectivity index (χ4v) is 2.69. The van der Waals surface area contributed by atoms with E-state index in [-0.39, 0.29) is 30.9 Å². The molecule has 0 radical (unpaired) electrons. The van der Waals surface area contributed by atoms with Gasteiger partial charge in [0.05, 0.1) is 23.4 Å². The van der Waals surface area contributed by atoms with E-state index < -0.39 is 23.4 Å². The number of hydrogen-bond acceptors (Lipinski definition) is 4. The first-order chi connectivity index (χ1) is 10.7. The molecule has 2 aliphatic heterocycles. The number of benzene rings is 1. The average Bonchev–Trinajstić information content (AvgIpc) is 2.44. The molecule has 1 fully saturated rings. The lowest BCUT2D eigenvalue weighted by Gasteiger charge is -2.46. The largest absolute Gasteiger partial charge is 0.418 e. The predicted octanol–water partition coefficient (Wildman–Crippen LogP) is 1.29. The second-order valence-electron chi connectivity index (χ2n) is 5.94. The van der Waals surface area contributed by atoms with Crippen molar-refractivity contribution in [2.45, 2.75) is 18.7 Å². The molecule has 3 N–H and O–H groups in total. The molecule has 9 heteroatoms. The summed E-state index contributed by atoms with van der Waals surface area (Å²) in [6, 6.07) is 3.41. The van der Waals surface area contributed by atoms with Gasteiger partial charge in [-0.3, -0.25) is 0 Å². The number of aliphatic hydroxyl groups is 1. The Morgan fingerprint density at radius 3 is 2.57 bits per heavy atom. The lowest BCUT2D eigenvalue weighted by molar-refractivity contribution is -0.137. The zero-order valence-electron chi connectivity index (χ0n) is 12.2. The summed E-state index contributed by atoms with van der Waals surface area (Å²) in [6.45, 7) is 1.93. The molecule has 124 valence electrons. The number of halogens is 3. The molecule has 0 spiro atoms. The zero-order chi connectivity index (χ0) is 16.8. The first-order valence-electron chi connectivity index (χ1n) is 6.95. The molecular formula is C14H15F3N4O2. The van der Waals surface area contributed by atoms with Crippen molar-refractivity contribution in [2.75, 3.05) is 24.5 Å². The molecule has 2 amide bonds. The molecule has 2 heterocycles. The SMILES string of the molecule is CC1(O)CN(c2ccc(C3=NNC(=O)NC3)cc2C(F)(F)F)C1. The van der Waals surface area contributed by atoms with E-state index in [4.69, 9.17) is 0 Å². The minimum Gasteiger partial charge on any atom is -0.386 e. The fraction of sp³-hybridized carbons (Fsp3) is 0.429. The standard InChI is InChI=1S/C14H15F3N4O2/c1-13(23)6-21(7-13)11-3-2-8(4-9(11)14(15,16)17)10-5-18-12(22)20-19-10/h2-4,23H,5-7H2,1H3,(H2,18,20,22). The van der Waals surface area contributed by atoms with Crippen molar-refractivity contribution in [3.05, 3.63) is 29.3 Å². The number of β-amino-alcohol motifs (C(OH)–C–C–N with tert-alkyl or cyclic N) is 1. The van der Waals surface area contributed by atoms with E-state index in [1.54, 1.807) is 6.92 Å². The molecule has 0 aromatic heterocycles. The van der Waals surface area contributed by atoms with Gasteiger partial charge in [-0.05, 0) is 19.1 Å². The first-order valence-corrected chi connectivity index (χ1v) is 6.95. The Bertz CT molecular complexity index is 677. The number of urea groups is 1. The molecule has 0 aliphatic carbocycles. The third kappa shape index (κ3) is 3.09. The van der Waals surface area contributed by atoms with Crippen LogP contribution in [0.5, 0.6) is 0 Å². The number of carbonyl (C=O) groups is 1. The third-order valence-corrected chi connectivity index (χ3v) is 3.75. The lowest BCUT2D eigenvalue weighted by Crippen LogP contribution is -2.60. The summed E-state index contributed by atoms with van der Waals surface area (Å²) < 4.78 is 40.1. The van der Waals surface area contributed by atoms with Crippen LogP contribution in [0.2, 0.25) is 0 Å². The number of hydrazone groups is 1. The molecule has 0 unspecified atom stereocenters. The summed E-state index contributed by atoms with van der Waals surface area (Å²) in [5.41, 5.74) is 1.04. The number of nitrogens with one attached hydrogen (secondary N) is 2. The Balaban J connectivity index is 1.95. The van der Waals surface area contributed by atoms with Crippen LogP contribution in [-0.2, 0) is 6.18 Å². The van der Waals surface area contributed by atoms with Crippen LogP contribution in [-0.4, -0.2) is 42.1 Å². The Morgan fingerprint density at radius 1 is 1.35 bits per heavy atom. The van der Waals surface area contributed by atoms with Crippen molar-refractivity contribution in [3.8, 4) is 0 Å². The second-order valence-corrected chi connectivity index (χ2v) is 5.94. The maximum Gasteiger partial charge on any atom is 0.418 e. The van der Waals surface area contributed by atoms with Crippen LogP contribution >= 0.6 is 0 Å². The molecule has 2 aliphatic rings. The number of anilines is 1. The second kappa shape index (κ2) is 5.12. The van der Waals surface area contributed by atoms with Crippen LogP contribution in [0.1, 0.15) is 18.1 Å². The minimum absolute atomic E-state index is 0.0289. The van der Waals surface area contributed by atoms with Gasteiger partial charge in [0, 0.05) is 24.3 Å². The number of rotatable bonds is 2. The highest BCUT2D eigenvalue weighted by Crippen LogP contribution is 2.40. The Hall–Kier alpha value is -2.29. The van der Waals surface area contributed by atoms with Crippen LogP contribution in [0.4, 0.5) is 23.7 Å². The van der Waals surface area contributed by atoms with Crippen molar-refractivity contribution < 1.29 is 23.1 Å². The smallest absolute Gasteiger partial charge is 0.386 e. The maximum atomic E-state index is 13.4. The van der Waals surface area contributed by atoms with Crippen molar-refractivity contribution in [3.63, 3.8) is 0 Å². The van der Waals surface area contributed by atoms with Gasteiger partial charge in [-0.25, -0.2) is 10.2 Å². The molecule has 6 nitrogen and oxygen atoms in total. The summed E-state index contributed by atoms with van der Waals surface area (Å²) in [5, 5.41) is 16.0. The third-order valence-electron chi connectivity index (χ3n) is 3.75. The highest BCUT2D eigenvalue weighted by molar-refractivity contribution is 6.05. The summed E-state index contributed by atoms with van der Waals surface area (Å²) in [6.07, 6.45) is -4.53. The highest BCUT2D eigenvalue weighted by Gasteiger charge is 2.42. The van der Waals surface area contributed by atoms with Crippen LogP contribution in [0, 0.1) is 0 Å². The zero-order valence-corrected chi connectivity index (χ0v) is 12.2. The average molecular weight is 328 g/mol. The molecule has 1 aromatic carbocycles. The number of hydrogen-bond donors (Lipinski definition) is 3. The molecule has 0 bridgehead atoms. The Kier molecular flexibility index (Phi) is 3.47. The molecule has 1 saturated heterocycles.